The first-order valence-corrected chi connectivity index (χ1v) is 7.30. The maximum atomic E-state index is 11.8. The third kappa shape index (κ3) is 4.06. The molecule has 1 amide bonds. The number of aryl methyl sites for hydroxylation is 1. The Balaban J connectivity index is 1.89. The van der Waals surface area contributed by atoms with Crippen LogP contribution in [-0.2, 0) is 11.2 Å². The van der Waals surface area contributed by atoms with Crippen LogP contribution < -0.4 is 10.1 Å². The second kappa shape index (κ2) is 6.90. The SMILES string of the molecule is CCc1ccc(OCC(=O)Nc2sccc2C(=O)O)cc1. The maximum Gasteiger partial charge on any atom is 0.338 e. The van der Waals surface area contributed by atoms with Crippen molar-refractivity contribution < 1.29 is 19.4 Å². The Bertz CT molecular complexity index is 633. The Kier molecular flexibility index (Phi) is 4.94. The molecular formula is C15H15NO4S. The van der Waals surface area contributed by atoms with Crippen LogP contribution in [0.5, 0.6) is 5.75 Å². The number of benzene rings is 1. The molecule has 6 heteroatoms. The number of thiophene rings is 1. The number of carboxylic acid groups (broad SMARTS) is 1. The number of carbonyl (C=O) groups is 2. The molecule has 21 heavy (non-hydrogen) atoms. The van der Waals surface area contributed by atoms with E-state index in [0.717, 1.165) is 17.8 Å². The highest BCUT2D eigenvalue weighted by atomic mass is 32.1. The third-order valence-electron chi connectivity index (χ3n) is 2.85. The van der Waals surface area contributed by atoms with Gasteiger partial charge in [-0.25, -0.2) is 4.79 Å². The van der Waals surface area contributed by atoms with Crippen molar-refractivity contribution in [1.82, 2.24) is 0 Å². The van der Waals surface area contributed by atoms with Gasteiger partial charge in [0.25, 0.3) is 5.91 Å². The zero-order chi connectivity index (χ0) is 15.2. The molecule has 5 nitrogen and oxygen atoms in total. The van der Waals surface area contributed by atoms with Gasteiger partial charge >= 0.3 is 5.97 Å². The molecule has 1 aromatic heterocycles. The van der Waals surface area contributed by atoms with Crippen molar-refractivity contribution in [2.45, 2.75) is 13.3 Å². The van der Waals surface area contributed by atoms with E-state index in [4.69, 9.17) is 9.84 Å². The van der Waals surface area contributed by atoms with Gasteiger partial charge in [-0.3, -0.25) is 4.79 Å². The van der Waals surface area contributed by atoms with Crippen molar-refractivity contribution in [3.05, 3.63) is 46.8 Å². The van der Waals surface area contributed by atoms with Gasteiger partial charge in [0, 0.05) is 0 Å². The molecule has 0 fully saturated rings. The Morgan fingerprint density at radius 3 is 2.57 bits per heavy atom. The van der Waals surface area contributed by atoms with E-state index in [-0.39, 0.29) is 18.1 Å². The molecule has 0 atom stereocenters. The topological polar surface area (TPSA) is 75.6 Å². The summed E-state index contributed by atoms with van der Waals surface area (Å²) in [5.74, 6) is -0.853. The number of carboxylic acids is 1. The van der Waals surface area contributed by atoms with Crippen molar-refractivity contribution in [1.29, 1.82) is 0 Å². The summed E-state index contributed by atoms with van der Waals surface area (Å²) in [7, 11) is 0. The molecule has 1 aromatic carbocycles. The second-order valence-corrected chi connectivity index (χ2v) is 5.22. The fraction of sp³-hybridized carbons (Fsp3) is 0.200. The van der Waals surface area contributed by atoms with E-state index in [1.807, 2.05) is 12.1 Å². The van der Waals surface area contributed by atoms with Gasteiger partial charge in [-0.05, 0) is 35.6 Å². The summed E-state index contributed by atoms with van der Waals surface area (Å²) in [6.07, 6.45) is 0.942. The van der Waals surface area contributed by atoms with Crippen molar-refractivity contribution in [3.63, 3.8) is 0 Å². The molecule has 110 valence electrons. The first-order valence-electron chi connectivity index (χ1n) is 6.42. The van der Waals surface area contributed by atoms with Gasteiger partial charge in [0.1, 0.15) is 10.8 Å². The van der Waals surface area contributed by atoms with Crippen molar-refractivity contribution >= 4 is 28.2 Å². The number of nitrogens with one attached hydrogen (secondary N) is 1. The minimum absolute atomic E-state index is 0.0839. The van der Waals surface area contributed by atoms with E-state index in [2.05, 4.69) is 12.2 Å². The standard InChI is InChI=1S/C15H15NO4S/c1-2-10-3-5-11(6-4-10)20-9-13(17)16-14-12(15(18)19)7-8-21-14/h3-8H,2,9H2,1H3,(H,16,17)(H,18,19). The molecule has 0 radical (unpaired) electrons. The number of hydrogen-bond acceptors (Lipinski definition) is 4. The zero-order valence-electron chi connectivity index (χ0n) is 11.5. The smallest absolute Gasteiger partial charge is 0.338 e. The summed E-state index contributed by atoms with van der Waals surface area (Å²) < 4.78 is 5.36. The van der Waals surface area contributed by atoms with Gasteiger partial charge in [0.15, 0.2) is 6.61 Å². The fourth-order valence-electron chi connectivity index (χ4n) is 1.71. The van der Waals surface area contributed by atoms with Gasteiger partial charge in [-0.1, -0.05) is 19.1 Å². The summed E-state index contributed by atoms with van der Waals surface area (Å²) in [6, 6.07) is 8.94. The molecule has 0 aliphatic rings. The molecule has 0 saturated heterocycles. The van der Waals surface area contributed by atoms with Gasteiger partial charge < -0.3 is 15.2 Å². The van der Waals surface area contributed by atoms with E-state index >= 15 is 0 Å². The van der Waals surface area contributed by atoms with Gasteiger partial charge in [-0.15, -0.1) is 11.3 Å². The first-order chi connectivity index (χ1) is 10.1. The summed E-state index contributed by atoms with van der Waals surface area (Å²) in [6.45, 7) is 1.90. The average molecular weight is 305 g/mol. The average Bonchev–Trinajstić information content (AvgIpc) is 2.94. The van der Waals surface area contributed by atoms with Crippen LogP contribution in [-0.4, -0.2) is 23.6 Å². The molecule has 0 aliphatic carbocycles. The lowest BCUT2D eigenvalue weighted by molar-refractivity contribution is -0.118. The number of hydrogen-bond donors (Lipinski definition) is 2. The van der Waals surface area contributed by atoms with Crippen LogP contribution in [0.15, 0.2) is 35.7 Å². The lowest BCUT2D eigenvalue weighted by Gasteiger charge is -2.07. The van der Waals surface area contributed by atoms with Crippen LogP contribution >= 0.6 is 11.3 Å². The maximum absolute atomic E-state index is 11.8. The highest BCUT2D eigenvalue weighted by molar-refractivity contribution is 7.14. The minimum Gasteiger partial charge on any atom is -0.484 e. The molecule has 0 spiro atoms. The van der Waals surface area contributed by atoms with Crippen molar-refractivity contribution in [2.75, 3.05) is 11.9 Å². The quantitative estimate of drug-likeness (QED) is 0.860. The van der Waals surface area contributed by atoms with E-state index in [0.29, 0.717) is 10.8 Å². The Morgan fingerprint density at radius 1 is 1.24 bits per heavy atom. The van der Waals surface area contributed by atoms with Crippen LogP contribution in [0.2, 0.25) is 0 Å². The molecule has 0 unspecified atom stereocenters. The fourth-order valence-corrected chi connectivity index (χ4v) is 2.50. The molecule has 2 rings (SSSR count). The predicted molar refractivity (Wildman–Crippen MR) is 81.2 cm³/mol. The second-order valence-electron chi connectivity index (χ2n) is 4.30. The molecule has 2 aromatic rings. The van der Waals surface area contributed by atoms with Crippen LogP contribution in [0, 0.1) is 0 Å². The molecule has 0 aliphatic heterocycles. The number of amides is 1. The third-order valence-corrected chi connectivity index (χ3v) is 3.68. The molecular weight excluding hydrogens is 290 g/mol. The Morgan fingerprint density at radius 2 is 1.95 bits per heavy atom. The van der Waals surface area contributed by atoms with Gasteiger partial charge in [0.2, 0.25) is 0 Å². The van der Waals surface area contributed by atoms with Crippen LogP contribution in [0.1, 0.15) is 22.8 Å². The minimum atomic E-state index is -1.07. The predicted octanol–water partition coefficient (Wildman–Crippen LogP) is 3.03. The van der Waals surface area contributed by atoms with Crippen LogP contribution in [0.3, 0.4) is 0 Å². The Labute approximate surface area is 126 Å². The highest BCUT2D eigenvalue weighted by Gasteiger charge is 2.14. The van der Waals surface area contributed by atoms with E-state index < -0.39 is 5.97 Å². The molecule has 0 bridgehead atoms. The lowest BCUT2D eigenvalue weighted by atomic mass is 10.2. The summed E-state index contributed by atoms with van der Waals surface area (Å²) >= 11 is 1.16. The normalized spacial score (nSPS) is 10.1. The molecule has 0 saturated carbocycles. The van der Waals surface area contributed by atoms with Gasteiger partial charge in [-0.2, -0.15) is 0 Å². The number of anilines is 1. The Hall–Kier alpha value is -2.34. The van der Waals surface area contributed by atoms with Crippen molar-refractivity contribution in [2.24, 2.45) is 0 Å². The number of ether oxygens (including phenoxy) is 1. The number of rotatable bonds is 6. The number of aromatic carboxylic acids is 1. The highest BCUT2D eigenvalue weighted by Crippen LogP contribution is 2.23. The lowest BCUT2D eigenvalue weighted by Crippen LogP contribution is -2.20. The molecule has 2 N–H and O–H groups in total. The van der Waals surface area contributed by atoms with Crippen LogP contribution in [0.25, 0.3) is 0 Å². The zero-order valence-corrected chi connectivity index (χ0v) is 12.3. The van der Waals surface area contributed by atoms with E-state index in [1.54, 1.807) is 17.5 Å². The number of carbonyl (C=O) groups excluding carboxylic acids is 1. The summed E-state index contributed by atoms with van der Waals surface area (Å²) in [5, 5.41) is 13.4. The van der Waals surface area contributed by atoms with E-state index in [1.165, 1.54) is 11.6 Å². The first kappa shape index (κ1) is 15.1. The van der Waals surface area contributed by atoms with E-state index in [9.17, 15) is 9.59 Å². The van der Waals surface area contributed by atoms with Gasteiger partial charge in [0.05, 0.1) is 5.56 Å². The largest absolute Gasteiger partial charge is 0.484 e. The summed E-state index contributed by atoms with van der Waals surface area (Å²) in [5.41, 5.74) is 1.28. The van der Waals surface area contributed by atoms with Crippen LogP contribution in [0.4, 0.5) is 5.00 Å². The van der Waals surface area contributed by atoms with Crippen molar-refractivity contribution in [3.8, 4) is 5.75 Å². The monoisotopic (exact) mass is 305 g/mol. The molecule has 1 heterocycles. The summed E-state index contributed by atoms with van der Waals surface area (Å²) in [4.78, 5) is 22.7.